The molecule has 160 valence electrons. The highest BCUT2D eigenvalue weighted by Gasteiger charge is 2.26. The Morgan fingerprint density at radius 2 is 1.83 bits per heavy atom. The summed E-state index contributed by atoms with van der Waals surface area (Å²) >= 11 is 0. The molecule has 1 aromatic carbocycles. The number of sulfone groups is 1. The molecule has 1 atom stereocenters. The lowest BCUT2D eigenvalue weighted by Gasteiger charge is -2.33. The number of hydrogen-bond acceptors (Lipinski definition) is 7. The van der Waals surface area contributed by atoms with Gasteiger partial charge in [0.25, 0.3) is 0 Å². The van der Waals surface area contributed by atoms with Crippen molar-refractivity contribution in [2.75, 3.05) is 30.9 Å². The van der Waals surface area contributed by atoms with E-state index in [0.29, 0.717) is 35.1 Å². The molecule has 1 saturated heterocycles. The van der Waals surface area contributed by atoms with Crippen LogP contribution in [-0.2, 0) is 9.84 Å². The minimum atomic E-state index is -3.17. The third-order valence-electron chi connectivity index (χ3n) is 5.66. The lowest BCUT2D eigenvalue weighted by molar-refractivity contribution is 0.220. The van der Waals surface area contributed by atoms with Gasteiger partial charge in [0.15, 0.2) is 15.7 Å². The first-order valence-corrected chi connectivity index (χ1v) is 12.1. The van der Waals surface area contributed by atoms with Gasteiger partial charge in [0.05, 0.1) is 11.5 Å². The van der Waals surface area contributed by atoms with Crippen molar-refractivity contribution in [2.45, 2.75) is 50.8 Å². The zero-order chi connectivity index (χ0) is 21.0. The Bertz CT molecular complexity index is 885. The minimum Gasteiger partial charge on any atom is -0.494 e. The molecule has 2 heterocycles. The van der Waals surface area contributed by atoms with Crippen molar-refractivity contribution in [3.05, 3.63) is 30.1 Å². The van der Waals surface area contributed by atoms with Gasteiger partial charge in [0, 0.05) is 25.3 Å². The molecular formula is C21H31N3O4S. The van der Waals surface area contributed by atoms with Crippen LogP contribution in [0.1, 0.15) is 51.8 Å². The summed E-state index contributed by atoms with van der Waals surface area (Å²) in [5, 5.41) is 4.06. The fraction of sp³-hybridized carbons (Fsp3) is 0.619. The lowest BCUT2D eigenvalue weighted by atomic mass is 9.84. The van der Waals surface area contributed by atoms with Gasteiger partial charge in [0.2, 0.25) is 0 Å². The van der Waals surface area contributed by atoms with Crippen LogP contribution in [0.3, 0.4) is 0 Å². The van der Waals surface area contributed by atoms with Gasteiger partial charge in [-0.25, -0.2) is 8.42 Å². The van der Waals surface area contributed by atoms with E-state index < -0.39 is 9.84 Å². The molecule has 8 heteroatoms. The Kier molecular flexibility index (Phi) is 6.82. The van der Waals surface area contributed by atoms with Gasteiger partial charge >= 0.3 is 6.01 Å². The predicted molar refractivity (Wildman–Crippen MR) is 112 cm³/mol. The first-order chi connectivity index (χ1) is 13.7. The maximum atomic E-state index is 11.5. The van der Waals surface area contributed by atoms with E-state index in [0.717, 1.165) is 38.2 Å². The van der Waals surface area contributed by atoms with Crippen LogP contribution >= 0.6 is 0 Å². The summed E-state index contributed by atoms with van der Waals surface area (Å²) in [7, 11) is -3.17. The molecule has 0 radical (unpaired) electrons. The van der Waals surface area contributed by atoms with Gasteiger partial charge in [-0.3, -0.25) is 0 Å². The van der Waals surface area contributed by atoms with Crippen molar-refractivity contribution in [2.24, 2.45) is 11.8 Å². The highest BCUT2D eigenvalue weighted by atomic mass is 32.2. The second-order valence-corrected chi connectivity index (χ2v) is 10.3. The van der Waals surface area contributed by atoms with Crippen LogP contribution in [0.5, 0.6) is 5.75 Å². The number of hydrogen-bond donors (Lipinski definition) is 0. The Balaban J connectivity index is 1.42. The molecule has 3 rings (SSSR count). The minimum absolute atomic E-state index is 0.271. The topological polar surface area (TPSA) is 85.5 Å². The second-order valence-electron chi connectivity index (χ2n) is 8.27. The summed E-state index contributed by atoms with van der Waals surface area (Å²) in [6.45, 7) is 8.89. The first-order valence-electron chi connectivity index (χ1n) is 10.3. The molecule has 0 N–H and O–H groups in total. The first kappa shape index (κ1) is 21.6. The van der Waals surface area contributed by atoms with E-state index in [1.807, 2.05) is 0 Å². The molecule has 0 bridgehead atoms. The van der Waals surface area contributed by atoms with Crippen molar-refractivity contribution in [3.8, 4) is 5.75 Å². The van der Waals surface area contributed by atoms with Crippen LogP contribution in [-0.4, -0.2) is 44.5 Å². The number of anilines is 1. The molecule has 0 amide bonds. The molecule has 0 spiro atoms. The summed E-state index contributed by atoms with van der Waals surface area (Å²) in [4.78, 5) is 6.99. The number of benzene rings is 1. The summed E-state index contributed by atoms with van der Waals surface area (Å²) in [6.07, 6.45) is 4.38. The van der Waals surface area contributed by atoms with Gasteiger partial charge in [-0.15, -0.1) is 0 Å². The molecule has 1 aliphatic heterocycles. The molecule has 0 unspecified atom stereocenters. The van der Waals surface area contributed by atoms with Crippen LogP contribution in [0, 0.1) is 11.8 Å². The number of piperidine rings is 1. The molecule has 7 nitrogen and oxygen atoms in total. The van der Waals surface area contributed by atoms with E-state index in [1.54, 1.807) is 24.3 Å². The molecule has 0 saturated carbocycles. The third kappa shape index (κ3) is 5.72. The van der Waals surface area contributed by atoms with Gasteiger partial charge in [0.1, 0.15) is 5.75 Å². The maximum absolute atomic E-state index is 11.5. The van der Waals surface area contributed by atoms with Crippen LogP contribution < -0.4 is 9.64 Å². The Labute approximate surface area is 173 Å². The number of aromatic nitrogens is 2. The monoisotopic (exact) mass is 421 g/mol. The quantitative estimate of drug-likeness (QED) is 0.638. The number of ether oxygens (including phenoxy) is 1. The average molecular weight is 422 g/mol. The molecule has 1 aromatic heterocycles. The van der Waals surface area contributed by atoms with Gasteiger partial charge in [-0.2, -0.15) is 4.98 Å². The van der Waals surface area contributed by atoms with Crippen molar-refractivity contribution < 1.29 is 17.7 Å². The largest absolute Gasteiger partial charge is 0.494 e. The highest BCUT2D eigenvalue weighted by Crippen LogP contribution is 2.29. The fourth-order valence-electron chi connectivity index (χ4n) is 3.63. The van der Waals surface area contributed by atoms with Gasteiger partial charge < -0.3 is 14.2 Å². The Morgan fingerprint density at radius 1 is 1.17 bits per heavy atom. The number of nitrogens with zero attached hydrogens (tertiary/aromatic N) is 3. The Morgan fingerprint density at radius 3 is 2.38 bits per heavy atom. The molecule has 2 aromatic rings. The van der Waals surface area contributed by atoms with E-state index in [1.165, 1.54) is 6.26 Å². The molecule has 29 heavy (non-hydrogen) atoms. The number of rotatable bonds is 8. The van der Waals surface area contributed by atoms with Crippen molar-refractivity contribution in [1.82, 2.24) is 10.1 Å². The fourth-order valence-corrected chi connectivity index (χ4v) is 4.26. The molecule has 0 aliphatic carbocycles. The second kappa shape index (κ2) is 9.15. The van der Waals surface area contributed by atoms with E-state index in [2.05, 4.69) is 35.8 Å². The maximum Gasteiger partial charge on any atom is 0.324 e. The summed E-state index contributed by atoms with van der Waals surface area (Å²) in [6, 6.07) is 7.25. The van der Waals surface area contributed by atoms with Crippen molar-refractivity contribution >= 4 is 15.9 Å². The van der Waals surface area contributed by atoms with Crippen molar-refractivity contribution in [3.63, 3.8) is 0 Å². The Hall–Kier alpha value is -2.09. The smallest absolute Gasteiger partial charge is 0.324 e. The van der Waals surface area contributed by atoms with Crippen molar-refractivity contribution in [1.29, 1.82) is 0 Å². The summed E-state index contributed by atoms with van der Waals surface area (Å²) < 4.78 is 34.2. The van der Waals surface area contributed by atoms with E-state index in [-0.39, 0.29) is 5.92 Å². The van der Waals surface area contributed by atoms with E-state index in [9.17, 15) is 8.42 Å². The molecular weight excluding hydrogens is 390 g/mol. The van der Waals surface area contributed by atoms with Crippen LogP contribution in [0.25, 0.3) is 0 Å². The van der Waals surface area contributed by atoms with Crippen LogP contribution in [0.4, 0.5) is 6.01 Å². The predicted octanol–water partition coefficient (Wildman–Crippen LogP) is 3.92. The lowest BCUT2D eigenvalue weighted by Crippen LogP contribution is -2.36. The van der Waals surface area contributed by atoms with Crippen LogP contribution in [0.2, 0.25) is 0 Å². The van der Waals surface area contributed by atoms with Crippen LogP contribution in [0.15, 0.2) is 33.7 Å². The van der Waals surface area contributed by atoms with E-state index in [4.69, 9.17) is 9.26 Å². The highest BCUT2D eigenvalue weighted by molar-refractivity contribution is 7.90. The average Bonchev–Trinajstić information content (AvgIpc) is 3.18. The molecule has 1 fully saturated rings. The molecule has 1 aliphatic rings. The summed E-state index contributed by atoms with van der Waals surface area (Å²) in [5.41, 5.74) is 0. The summed E-state index contributed by atoms with van der Waals surface area (Å²) in [5.74, 6) is 2.94. The standard InChI is InChI=1S/C21H31N3O4S/c1-15(2)20-22-21(28-23-20)24-12-9-17(10-13-24)16(3)11-14-27-18-5-7-19(8-6-18)29(4,25)26/h5-8,15-17H,9-14H2,1-4H3/t16-/m1/s1. The SMILES string of the molecule is CC(C)c1noc(N2CCC([C@H](C)CCOc3ccc(S(C)(=O)=O)cc3)CC2)n1. The van der Waals surface area contributed by atoms with E-state index >= 15 is 0 Å². The van der Waals surface area contributed by atoms with Gasteiger partial charge in [-0.1, -0.05) is 25.9 Å². The van der Waals surface area contributed by atoms with Gasteiger partial charge in [-0.05, 0) is 55.4 Å². The third-order valence-corrected chi connectivity index (χ3v) is 6.78. The zero-order valence-corrected chi connectivity index (χ0v) is 18.5. The zero-order valence-electron chi connectivity index (χ0n) is 17.7. The normalized spacial score (nSPS) is 16.9.